The van der Waals surface area contributed by atoms with Gasteiger partial charge in [-0.1, -0.05) is 41.6 Å². The molecule has 2 aromatic carbocycles. The highest BCUT2D eigenvalue weighted by atomic mass is 79.9. The average molecular weight is 452 g/mol. The lowest BCUT2D eigenvalue weighted by Crippen LogP contribution is -2.14. The summed E-state index contributed by atoms with van der Waals surface area (Å²) in [7, 11) is 1.86. The topological polar surface area (TPSA) is 59.8 Å². The van der Waals surface area contributed by atoms with E-state index in [1.165, 1.54) is 11.8 Å². The molecule has 8 heteroatoms. The second-order valence-corrected chi connectivity index (χ2v) is 7.87. The molecule has 134 valence electrons. The van der Waals surface area contributed by atoms with Gasteiger partial charge in [0.05, 0.1) is 16.5 Å². The minimum Gasteiger partial charge on any atom is -0.324 e. The maximum Gasteiger partial charge on any atom is 0.234 e. The van der Waals surface area contributed by atoms with Gasteiger partial charge in [0.15, 0.2) is 11.0 Å². The molecule has 1 heterocycles. The number of halogens is 2. The monoisotopic (exact) mass is 450 g/mol. The van der Waals surface area contributed by atoms with Crippen LogP contribution in [0.3, 0.4) is 0 Å². The Hall–Kier alpha value is -1.83. The minimum absolute atomic E-state index is 0.109. The molecule has 0 bridgehead atoms. The summed E-state index contributed by atoms with van der Waals surface area (Å²) in [6, 6.07) is 13.3. The third-order valence-corrected chi connectivity index (χ3v) is 5.69. The first kappa shape index (κ1) is 18.9. The van der Waals surface area contributed by atoms with Crippen LogP contribution in [0.25, 0.3) is 11.4 Å². The summed E-state index contributed by atoms with van der Waals surface area (Å²) in [4.78, 5) is 12.2. The van der Waals surface area contributed by atoms with E-state index in [-0.39, 0.29) is 11.7 Å². The quantitative estimate of drug-likeness (QED) is 0.558. The molecule has 26 heavy (non-hydrogen) atoms. The molecule has 0 radical (unpaired) electrons. The van der Waals surface area contributed by atoms with Crippen molar-refractivity contribution in [1.82, 2.24) is 14.8 Å². The van der Waals surface area contributed by atoms with Gasteiger partial charge in [0, 0.05) is 17.1 Å². The second kappa shape index (κ2) is 8.24. The van der Waals surface area contributed by atoms with Crippen LogP contribution in [0.2, 0.25) is 5.02 Å². The summed E-state index contributed by atoms with van der Waals surface area (Å²) in [6.07, 6.45) is 0. The molecule has 0 unspecified atom stereocenters. The Kier molecular flexibility index (Phi) is 6.01. The van der Waals surface area contributed by atoms with Crippen LogP contribution >= 0.6 is 39.3 Å². The first-order valence-electron chi connectivity index (χ1n) is 7.79. The van der Waals surface area contributed by atoms with Crippen LogP contribution < -0.4 is 5.32 Å². The van der Waals surface area contributed by atoms with Crippen LogP contribution in [0, 0.1) is 6.92 Å². The Morgan fingerprint density at radius 3 is 2.77 bits per heavy atom. The summed E-state index contributed by atoms with van der Waals surface area (Å²) < 4.78 is 2.69. The summed E-state index contributed by atoms with van der Waals surface area (Å²) in [6.45, 7) is 2.00. The SMILES string of the molecule is Cc1ccc(NC(=O)CSc2nnc(-c3ccccc3Cl)n2C)c(Br)c1. The van der Waals surface area contributed by atoms with Crippen molar-refractivity contribution >= 4 is 50.9 Å². The number of aromatic nitrogens is 3. The van der Waals surface area contributed by atoms with Crippen molar-refractivity contribution in [3.63, 3.8) is 0 Å². The van der Waals surface area contributed by atoms with E-state index in [1.807, 2.05) is 61.0 Å². The fraction of sp³-hybridized carbons (Fsp3) is 0.167. The van der Waals surface area contributed by atoms with E-state index in [2.05, 4.69) is 31.4 Å². The summed E-state index contributed by atoms with van der Waals surface area (Å²) >= 11 is 11.0. The molecule has 3 rings (SSSR count). The van der Waals surface area contributed by atoms with Gasteiger partial charge < -0.3 is 9.88 Å². The molecule has 0 spiro atoms. The van der Waals surface area contributed by atoms with Crippen LogP contribution in [0.1, 0.15) is 5.56 Å². The number of amides is 1. The molecule has 5 nitrogen and oxygen atoms in total. The third kappa shape index (κ3) is 4.28. The van der Waals surface area contributed by atoms with E-state index in [9.17, 15) is 4.79 Å². The summed E-state index contributed by atoms with van der Waals surface area (Å²) in [5, 5.41) is 12.5. The van der Waals surface area contributed by atoms with Crippen molar-refractivity contribution in [3.8, 4) is 11.4 Å². The fourth-order valence-corrected chi connectivity index (χ4v) is 3.88. The zero-order valence-electron chi connectivity index (χ0n) is 14.2. The summed E-state index contributed by atoms with van der Waals surface area (Å²) in [5.74, 6) is 0.788. The van der Waals surface area contributed by atoms with Crippen molar-refractivity contribution in [2.45, 2.75) is 12.1 Å². The van der Waals surface area contributed by atoms with E-state index < -0.39 is 0 Å². The molecule has 1 amide bonds. The molecule has 0 atom stereocenters. The maximum atomic E-state index is 12.2. The van der Waals surface area contributed by atoms with Gasteiger partial charge in [-0.25, -0.2) is 0 Å². The molecule has 0 saturated carbocycles. The first-order valence-corrected chi connectivity index (χ1v) is 9.94. The van der Waals surface area contributed by atoms with Crippen molar-refractivity contribution in [1.29, 1.82) is 0 Å². The van der Waals surface area contributed by atoms with Gasteiger partial charge >= 0.3 is 0 Å². The highest BCUT2D eigenvalue weighted by Crippen LogP contribution is 2.28. The highest BCUT2D eigenvalue weighted by Gasteiger charge is 2.15. The number of nitrogens with one attached hydrogen (secondary N) is 1. The number of hydrogen-bond acceptors (Lipinski definition) is 4. The van der Waals surface area contributed by atoms with E-state index in [1.54, 1.807) is 0 Å². The molecule has 0 saturated heterocycles. The maximum absolute atomic E-state index is 12.2. The van der Waals surface area contributed by atoms with Gasteiger partial charge in [0.1, 0.15) is 0 Å². The van der Waals surface area contributed by atoms with Crippen molar-refractivity contribution in [2.75, 3.05) is 11.1 Å². The van der Waals surface area contributed by atoms with Gasteiger partial charge in [-0.2, -0.15) is 0 Å². The molecule has 0 aliphatic rings. The Balaban J connectivity index is 1.67. The number of hydrogen-bond donors (Lipinski definition) is 1. The number of thioether (sulfide) groups is 1. The first-order chi connectivity index (χ1) is 12.5. The Morgan fingerprint density at radius 1 is 1.27 bits per heavy atom. The van der Waals surface area contributed by atoms with E-state index >= 15 is 0 Å². The van der Waals surface area contributed by atoms with Gasteiger partial charge in [-0.3, -0.25) is 4.79 Å². The van der Waals surface area contributed by atoms with Crippen molar-refractivity contribution in [3.05, 3.63) is 57.5 Å². The van der Waals surface area contributed by atoms with E-state index in [0.29, 0.717) is 16.0 Å². The Morgan fingerprint density at radius 2 is 2.04 bits per heavy atom. The molecule has 1 aromatic heterocycles. The number of carbonyl (C=O) groups is 1. The number of benzene rings is 2. The Labute approximate surface area is 169 Å². The number of rotatable bonds is 5. The van der Waals surface area contributed by atoms with E-state index in [4.69, 9.17) is 11.6 Å². The third-order valence-electron chi connectivity index (χ3n) is 3.68. The van der Waals surface area contributed by atoms with Crippen molar-refractivity contribution in [2.24, 2.45) is 7.05 Å². The van der Waals surface area contributed by atoms with Gasteiger partial charge in [-0.05, 0) is 52.7 Å². The fourth-order valence-electron chi connectivity index (χ4n) is 2.36. The predicted molar refractivity (Wildman–Crippen MR) is 110 cm³/mol. The lowest BCUT2D eigenvalue weighted by atomic mass is 10.2. The molecule has 0 fully saturated rings. The van der Waals surface area contributed by atoms with Crippen molar-refractivity contribution < 1.29 is 4.79 Å². The van der Waals surface area contributed by atoms with Crippen LogP contribution in [0.15, 0.2) is 52.1 Å². The number of carbonyl (C=O) groups excluding carboxylic acids is 1. The normalized spacial score (nSPS) is 10.8. The lowest BCUT2D eigenvalue weighted by molar-refractivity contribution is -0.113. The predicted octanol–water partition coefficient (Wildman–Crippen LogP) is 4.94. The zero-order chi connectivity index (χ0) is 18.7. The van der Waals surface area contributed by atoms with Crippen LogP contribution in [-0.4, -0.2) is 26.4 Å². The number of aryl methyl sites for hydroxylation is 1. The second-order valence-electron chi connectivity index (χ2n) is 5.67. The van der Waals surface area contributed by atoms with Gasteiger partial charge in [-0.15, -0.1) is 10.2 Å². The highest BCUT2D eigenvalue weighted by molar-refractivity contribution is 9.10. The van der Waals surface area contributed by atoms with Gasteiger partial charge in [0.25, 0.3) is 0 Å². The van der Waals surface area contributed by atoms with Crippen LogP contribution in [-0.2, 0) is 11.8 Å². The minimum atomic E-state index is -0.109. The molecule has 1 N–H and O–H groups in total. The molecule has 0 aliphatic heterocycles. The lowest BCUT2D eigenvalue weighted by Gasteiger charge is -2.08. The van der Waals surface area contributed by atoms with E-state index in [0.717, 1.165) is 21.3 Å². The van der Waals surface area contributed by atoms with Gasteiger partial charge in [0.2, 0.25) is 5.91 Å². The largest absolute Gasteiger partial charge is 0.324 e. The number of anilines is 1. The molecular formula is C18H16BrClN4OS. The summed E-state index contributed by atoms with van der Waals surface area (Å²) in [5.41, 5.74) is 2.68. The number of nitrogens with zero attached hydrogens (tertiary/aromatic N) is 3. The molecule has 3 aromatic rings. The van der Waals surface area contributed by atoms with Crippen LogP contribution in [0.5, 0.6) is 0 Å². The standard InChI is InChI=1S/C18H16BrClN4OS/c1-11-7-8-15(13(19)9-11)21-16(25)10-26-18-23-22-17(24(18)2)12-5-3-4-6-14(12)20/h3-9H,10H2,1-2H3,(H,21,25). The average Bonchev–Trinajstić information content (AvgIpc) is 2.97. The molecule has 0 aliphatic carbocycles. The Bertz CT molecular complexity index is 960. The van der Waals surface area contributed by atoms with Crippen LogP contribution in [0.4, 0.5) is 5.69 Å². The molecular weight excluding hydrogens is 436 g/mol. The smallest absolute Gasteiger partial charge is 0.234 e. The zero-order valence-corrected chi connectivity index (χ0v) is 17.3.